The smallest absolute Gasteiger partial charge is 0.338 e. The zero-order chi connectivity index (χ0) is 26.5. The van der Waals surface area contributed by atoms with Gasteiger partial charge < -0.3 is 30.0 Å². The number of hydrogen-bond acceptors (Lipinski definition) is 8. The van der Waals surface area contributed by atoms with Crippen LogP contribution in [0, 0.1) is 5.82 Å². The van der Waals surface area contributed by atoms with Gasteiger partial charge in [0.1, 0.15) is 18.2 Å². The second-order valence-corrected chi connectivity index (χ2v) is 10.1. The van der Waals surface area contributed by atoms with Crippen LogP contribution in [-0.4, -0.2) is 47.8 Å². The summed E-state index contributed by atoms with van der Waals surface area (Å²) >= 11 is 1.35. The maximum atomic E-state index is 14.4. The first kappa shape index (κ1) is 26.1. The number of benzene rings is 2. The van der Waals surface area contributed by atoms with Gasteiger partial charge in [-0.15, -0.1) is 11.3 Å². The van der Waals surface area contributed by atoms with Gasteiger partial charge in [-0.25, -0.2) is 14.2 Å². The third-order valence-electron chi connectivity index (χ3n) is 6.53. The first-order valence-electron chi connectivity index (χ1n) is 12.5. The molecule has 3 N–H and O–H groups in total. The van der Waals surface area contributed by atoms with Gasteiger partial charge in [0.25, 0.3) is 0 Å². The van der Waals surface area contributed by atoms with Crippen LogP contribution in [0.5, 0.6) is 17.2 Å². The van der Waals surface area contributed by atoms with Crippen molar-refractivity contribution in [1.29, 1.82) is 0 Å². The number of carbonyl (C=O) groups excluding carboxylic acids is 1. The third-order valence-corrected chi connectivity index (χ3v) is 7.22. The Morgan fingerprint density at radius 1 is 1.24 bits per heavy atom. The van der Waals surface area contributed by atoms with Crippen LogP contribution in [0.2, 0.25) is 0 Å². The van der Waals surface area contributed by atoms with Crippen LogP contribution >= 0.6 is 11.3 Å². The van der Waals surface area contributed by atoms with Crippen molar-refractivity contribution in [2.24, 2.45) is 0 Å². The SMILES string of the molecule is O=C(CC1NCCc2cc(OCC3CCCCO3)c(Oc3ccc(C(=O)O)c(F)c3)cc21)Nc1nccs1. The Bertz CT molecular complexity index is 1300. The number of rotatable bonds is 9. The molecule has 9 nitrogen and oxygen atoms in total. The predicted octanol–water partition coefficient (Wildman–Crippen LogP) is 4.94. The van der Waals surface area contributed by atoms with E-state index in [2.05, 4.69) is 15.6 Å². The molecule has 3 heterocycles. The highest BCUT2D eigenvalue weighted by molar-refractivity contribution is 7.13. The summed E-state index contributed by atoms with van der Waals surface area (Å²) in [4.78, 5) is 28.0. The van der Waals surface area contributed by atoms with E-state index in [1.54, 1.807) is 11.6 Å². The number of thiazole rings is 1. The van der Waals surface area contributed by atoms with Crippen LogP contribution in [0.1, 0.15) is 53.2 Å². The average molecular weight is 542 g/mol. The number of ether oxygens (including phenoxy) is 3. The molecule has 1 saturated heterocycles. The van der Waals surface area contributed by atoms with Crippen molar-refractivity contribution in [3.63, 3.8) is 0 Å². The summed E-state index contributed by atoms with van der Waals surface area (Å²) in [6.45, 7) is 1.74. The van der Waals surface area contributed by atoms with Crippen molar-refractivity contribution in [3.8, 4) is 17.2 Å². The van der Waals surface area contributed by atoms with Crippen LogP contribution < -0.4 is 20.1 Å². The lowest BCUT2D eigenvalue weighted by Gasteiger charge is -2.29. The topological polar surface area (TPSA) is 119 Å². The van der Waals surface area contributed by atoms with E-state index < -0.39 is 17.3 Å². The monoisotopic (exact) mass is 541 g/mol. The lowest BCUT2D eigenvalue weighted by molar-refractivity contribution is -0.116. The first-order valence-corrected chi connectivity index (χ1v) is 13.4. The number of aromatic nitrogens is 1. The summed E-state index contributed by atoms with van der Waals surface area (Å²) in [7, 11) is 0. The van der Waals surface area contributed by atoms with Crippen molar-refractivity contribution >= 4 is 28.3 Å². The number of anilines is 1. The molecule has 2 aliphatic heterocycles. The summed E-state index contributed by atoms with van der Waals surface area (Å²) in [5, 5.41) is 17.7. The van der Waals surface area contributed by atoms with Gasteiger partial charge in [-0.05, 0) is 67.6 Å². The summed E-state index contributed by atoms with van der Waals surface area (Å²) in [5.41, 5.74) is 1.46. The van der Waals surface area contributed by atoms with E-state index in [-0.39, 0.29) is 30.2 Å². The number of amides is 1. The molecule has 0 saturated carbocycles. The Labute approximate surface area is 222 Å². The van der Waals surface area contributed by atoms with Gasteiger partial charge in [0.05, 0.1) is 11.7 Å². The van der Waals surface area contributed by atoms with Gasteiger partial charge in [-0.1, -0.05) is 0 Å². The molecule has 0 bridgehead atoms. The minimum absolute atomic E-state index is 0.0242. The fourth-order valence-electron chi connectivity index (χ4n) is 4.65. The summed E-state index contributed by atoms with van der Waals surface area (Å²) in [6.07, 6.45) is 5.54. The van der Waals surface area contributed by atoms with E-state index in [0.29, 0.717) is 36.4 Å². The molecular formula is C27H28FN3O6S. The van der Waals surface area contributed by atoms with Gasteiger partial charge in [0.15, 0.2) is 16.6 Å². The maximum Gasteiger partial charge on any atom is 0.338 e. The zero-order valence-corrected chi connectivity index (χ0v) is 21.4. The molecular weight excluding hydrogens is 513 g/mol. The van der Waals surface area contributed by atoms with Gasteiger partial charge >= 0.3 is 5.97 Å². The van der Waals surface area contributed by atoms with Crippen molar-refractivity contribution < 1.29 is 33.3 Å². The van der Waals surface area contributed by atoms with E-state index >= 15 is 0 Å². The number of hydrogen-bond donors (Lipinski definition) is 3. The van der Waals surface area contributed by atoms with E-state index in [9.17, 15) is 14.0 Å². The third kappa shape index (κ3) is 6.29. The van der Waals surface area contributed by atoms with E-state index in [0.717, 1.165) is 48.9 Å². The van der Waals surface area contributed by atoms with Crippen LogP contribution in [-0.2, 0) is 16.0 Å². The number of nitrogens with one attached hydrogen (secondary N) is 2. The van der Waals surface area contributed by atoms with Crippen LogP contribution in [0.3, 0.4) is 0 Å². The number of carboxylic acids is 1. The molecule has 1 fully saturated rings. The lowest BCUT2D eigenvalue weighted by Crippen LogP contribution is -2.33. The average Bonchev–Trinajstić information content (AvgIpc) is 3.41. The Morgan fingerprint density at radius 2 is 2.13 bits per heavy atom. The summed E-state index contributed by atoms with van der Waals surface area (Å²) in [6, 6.07) is 7.04. The molecule has 2 unspecified atom stereocenters. The number of nitrogens with zero attached hydrogens (tertiary/aromatic N) is 1. The normalized spacial score (nSPS) is 18.9. The summed E-state index contributed by atoms with van der Waals surface area (Å²) in [5.74, 6) is -1.47. The molecule has 200 valence electrons. The second-order valence-electron chi connectivity index (χ2n) is 9.19. The largest absolute Gasteiger partial charge is 0.487 e. The molecule has 5 rings (SSSR count). The molecule has 2 aromatic carbocycles. The molecule has 0 spiro atoms. The van der Waals surface area contributed by atoms with Crippen molar-refractivity contribution in [2.75, 3.05) is 25.1 Å². The van der Waals surface area contributed by atoms with Crippen LogP contribution in [0.4, 0.5) is 9.52 Å². The predicted molar refractivity (Wildman–Crippen MR) is 139 cm³/mol. The molecule has 38 heavy (non-hydrogen) atoms. The molecule has 3 aromatic rings. The number of carbonyl (C=O) groups is 2. The minimum Gasteiger partial charge on any atom is -0.487 e. The molecule has 0 aliphatic carbocycles. The van der Waals surface area contributed by atoms with E-state index in [1.165, 1.54) is 17.4 Å². The Hall–Kier alpha value is -3.54. The van der Waals surface area contributed by atoms with Gasteiger partial charge in [0.2, 0.25) is 5.91 Å². The van der Waals surface area contributed by atoms with Crippen LogP contribution in [0.25, 0.3) is 0 Å². The molecule has 0 radical (unpaired) electrons. The molecule has 11 heteroatoms. The number of halogens is 1. The standard InChI is InChI=1S/C27H28FN3O6S/c28-21-12-17(4-5-19(21)26(33)34)37-24-13-20-16(11-23(24)36-15-18-3-1-2-9-35-18)6-7-29-22(20)14-25(32)31-27-30-8-10-38-27/h4-5,8,10-13,18,22,29H,1-3,6-7,9,14-15H2,(H,33,34)(H,30,31,32). The van der Waals surface area contributed by atoms with E-state index in [4.69, 9.17) is 19.3 Å². The minimum atomic E-state index is -1.36. The van der Waals surface area contributed by atoms with Crippen LogP contribution in [0.15, 0.2) is 41.9 Å². The Kier molecular flexibility index (Phi) is 8.16. The highest BCUT2D eigenvalue weighted by Gasteiger charge is 2.26. The van der Waals surface area contributed by atoms with Gasteiger partial charge in [-0.3, -0.25) is 4.79 Å². The van der Waals surface area contributed by atoms with Gasteiger partial charge in [-0.2, -0.15) is 0 Å². The number of aromatic carboxylic acids is 1. The molecule has 1 aromatic heterocycles. The number of carboxylic acid groups (broad SMARTS) is 1. The fourth-order valence-corrected chi connectivity index (χ4v) is 5.19. The van der Waals surface area contributed by atoms with Crippen molar-refractivity contribution in [2.45, 2.75) is 44.2 Å². The maximum absolute atomic E-state index is 14.4. The summed E-state index contributed by atoms with van der Waals surface area (Å²) < 4.78 is 32.3. The van der Waals surface area contributed by atoms with Gasteiger partial charge in [0, 0.05) is 36.7 Å². The number of fused-ring (bicyclic) bond motifs is 1. The quantitative estimate of drug-likeness (QED) is 0.349. The molecule has 1 amide bonds. The van der Waals surface area contributed by atoms with Crippen molar-refractivity contribution in [1.82, 2.24) is 10.3 Å². The Morgan fingerprint density at radius 3 is 2.87 bits per heavy atom. The second kappa shape index (κ2) is 11.9. The molecule has 2 atom stereocenters. The van der Waals surface area contributed by atoms with E-state index in [1.807, 2.05) is 12.1 Å². The Balaban J connectivity index is 1.41. The highest BCUT2D eigenvalue weighted by atomic mass is 32.1. The van der Waals surface area contributed by atoms with Crippen molar-refractivity contribution in [3.05, 3.63) is 64.4 Å². The molecule has 2 aliphatic rings. The fraction of sp³-hybridized carbons (Fsp3) is 0.370. The first-order chi connectivity index (χ1) is 18.5. The zero-order valence-electron chi connectivity index (χ0n) is 20.6. The lowest BCUT2D eigenvalue weighted by atomic mass is 9.91. The highest BCUT2D eigenvalue weighted by Crippen LogP contribution is 2.39.